The molecule has 1 aromatic carbocycles. The average molecular weight is 724 g/mol. The SMILES string of the molecule is C=CC1CC1(NC(=O)[C@@H]1C[C@@H](OC(=O)Nc2c(C)cccc2Cl)CN1C(=O)[C@@H](NC(=O)OC(C)(C)C)C(C)(C)C)C(=O)NS(=O)(=O)C1CC1. The molecule has 1 saturated heterocycles. The lowest BCUT2D eigenvalue weighted by molar-refractivity contribution is -0.143. The molecule has 2 saturated carbocycles. The van der Waals surface area contributed by atoms with Gasteiger partial charge in [-0.1, -0.05) is 50.6 Å². The van der Waals surface area contributed by atoms with Crippen molar-refractivity contribution in [2.75, 3.05) is 11.9 Å². The second-order valence-corrected chi connectivity index (χ2v) is 17.3. The molecule has 1 heterocycles. The monoisotopic (exact) mass is 723 g/mol. The maximum atomic E-state index is 14.3. The number of carbonyl (C=O) groups is 5. The Balaban J connectivity index is 1.60. The van der Waals surface area contributed by atoms with E-state index >= 15 is 0 Å². The zero-order chi connectivity index (χ0) is 36.7. The van der Waals surface area contributed by atoms with Crippen molar-refractivity contribution in [3.8, 4) is 0 Å². The molecule has 3 aliphatic rings. The summed E-state index contributed by atoms with van der Waals surface area (Å²) in [7, 11) is -3.92. The van der Waals surface area contributed by atoms with Crippen molar-refractivity contribution in [3.63, 3.8) is 0 Å². The quantitative estimate of drug-likeness (QED) is 0.261. The van der Waals surface area contributed by atoms with Crippen LogP contribution < -0.4 is 20.7 Å². The minimum absolute atomic E-state index is 0.0965. The van der Waals surface area contributed by atoms with Crippen LogP contribution >= 0.6 is 11.6 Å². The summed E-state index contributed by atoms with van der Waals surface area (Å²) in [6.45, 7) is 15.4. The van der Waals surface area contributed by atoms with Crippen molar-refractivity contribution >= 4 is 57.2 Å². The van der Waals surface area contributed by atoms with Crippen LogP contribution in [-0.4, -0.2) is 84.3 Å². The summed E-state index contributed by atoms with van der Waals surface area (Å²) in [6, 6.07) is 2.62. The van der Waals surface area contributed by atoms with E-state index in [0.717, 1.165) is 0 Å². The summed E-state index contributed by atoms with van der Waals surface area (Å²) in [5.41, 5.74) is -2.31. The molecule has 16 heteroatoms. The fraction of sp³-hybridized carbons (Fsp3) is 0.606. The number of halogens is 1. The van der Waals surface area contributed by atoms with E-state index in [9.17, 15) is 32.4 Å². The van der Waals surface area contributed by atoms with Gasteiger partial charge in [-0.2, -0.15) is 0 Å². The van der Waals surface area contributed by atoms with Gasteiger partial charge in [0.1, 0.15) is 29.3 Å². The average Bonchev–Trinajstić information content (AvgIpc) is 3.89. The van der Waals surface area contributed by atoms with Gasteiger partial charge in [0.25, 0.3) is 5.91 Å². The molecule has 0 bridgehead atoms. The molecule has 0 spiro atoms. The molecule has 3 fully saturated rings. The van der Waals surface area contributed by atoms with E-state index in [2.05, 4.69) is 27.3 Å². The Kier molecular flexibility index (Phi) is 10.7. The Morgan fingerprint density at radius 1 is 1.08 bits per heavy atom. The minimum atomic E-state index is -3.92. The van der Waals surface area contributed by atoms with Gasteiger partial charge in [0, 0.05) is 12.3 Å². The number of carbonyl (C=O) groups excluding carboxylic acids is 5. The molecule has 2 aliphatic carbocycles. The number of hydrogen-bond acceptors (Lipinski definition) is 9. The molecule has 2 unspecified atom stereocenters. The lowest BCUT2D eigenvalue weighted by Crippen LogP contribution is -2.60. The number of anilines is 1. The van der Waals surface area contributed by atoms with E-state index in [-0.39, 0.29) is 24.4 Å². The number of hydrogen-bond donors (Lipinski definition) is 4. The molecule has 4 rings (SSSR count). The summed E-state index contributed by atoms with van der Waals surface area (Å²) in [5.74, 6) is -2.88. The number of rotatable bonds is 10. The highest BCUT2D eigenvalue weighted by atomic mass is 35.5. The van der Waals surface area contributed by atoms with Crippen molar-refractivity contribution in [2.45, 2.75) is 109 Å². The van der Waals surface area contributed by atoms with E-state index in [1.807, 2.05) is 0 Å². The number of benzene rings is 1. The summed E-state index contributed by atoms with van der Waals surface area (Å²) in [4.78, 5) is 68.6. The summed E-state index contributed by atoms with van der Waals surface area (Å²) in [6.07, 6.45) is -0.446. The standard InChI is InChI=1S/C33H46ClN5O9S/c1-9-19-16-33(19,28(42)38-49(45,46)21-13-14-21)37-26(40)23-15-20(47-29(43)35-24-18(2)11-10-12-22(24)34)17-39(23)27(41)25(31(3,4)5)36-30(44)48-32(6,7)8/h9-12,19-21,23,25H,1,13-17H2,2-8H3,(H,35,43)(H,36,44)(H,37,40)(H,38,42)/t19?,20-,23+,25-,33?/m1/s1. The van der Waals surface area contributed by atoms with Crippen LogP contribution in [0.4, 0.5) is 15.3 Å². The van der Waals surface area contributed by atoms with Crippen molar-refractivity contribution in [1.82, 2.24) is 20.3 Å². The summed E-state index contributed by atoms with van der Waals surface area (Å²) in [5, 5.41) is 7.54. The van der Waals surface area contributed by atoms with E-state index in [0.29, 0.717) is 24.1 Å². The first-order chi connectivity index (χ1) is 22.6. The number of sulfonamides is 1. The lowest BCUT2D eigenvalue weighted by Gasteiger charge is -2.36. The fourth-order valence-corrected chi connectivity index (χ4v) is 7.34. The van der Waals surface area contributed by atoms with Crippen LogP contribution in [0.1, 0.15) is 72.8 Å². The van der Waals surface area contributed by atoms with Crippen LogP contribution in [0.15, 0.2) is 30.9 Å². The van der Waals surface area contributed by atoms with Crippen molar-refractivity contribution in [3.05, 3.63) is 41.4 Å². The number of nitrogens with zero attached hydrogens (tertiary/aromatic N) is 1. The molecule has 270 valence electrons. The van der Waals surface area contributed by atoms with Gasteiger partial charge >= 0.3 is 12.2 Å². The van der Waals surface area contributed by atoms with Gasteiger partial charge in [0.2, 0.25) is 21.8 Å². The molecule has 0 radical (unpaired) electrons. The first kappa shape index (κ1) is 38.0. The van der Waals surface area contributed by atoms with Gasteiger partial charge in [-0.25, -0.2) is 18.0 Å². The lowest BCUT2D eigenvalue weighted by atomic mass is 9.85. The van der Waals surface area contributed by atoms with Crippen molar-refractivity contribution in [1.29, 1.82) is 0 Å². The number of nitrogens with one attached hydrogen (secondary N) is 4. The highest BCUT2D eigenvalue weighted by Gasteiger charge is 2.62. The Morgan fingerprint density at radius 3 is 2.27 bits per heavy atom. The van der Waals surface area contributed by atoms with Crippen LogP contribution in [0.2, 0.25) is 5.02 Å². The van der Waals surface area contributed by atoms with Gasteiger partial charge < -0.3 is 25.0 Å². The van der Waals surface area contributed by atoms with Gasteiger partial charge in [0.05, 0.1) is 22.5 Å². The van der Waals surface area contributed by atoms with Crippen LogP contribution in [0.5, 0.6) is 0 Å². The number of aryl methyl sites for hydroxylation is 1. The Morgan fingerprint density at radius 2 is 1.73 bits per heavy atom. The number of likely N-dealkylation sites (tertiary alicyclic amines) is 1. The van der Waals surface area contributed by atoms with Crippen LogP contribution in [0.3, 0.4) is 0 Å². The number of ether oxygens (including phenoxy) is 2. The van der Waals surface area contributed by atoms with E-state index in [1.54, 1.807) is 66.7 Å². The predicted molar refractivity (Wildman–Crippen MR) is 182 cm³/mol. The molecular weight excluding hydrogens is 678 g/mol. The maximum Gasteiger partial charge on any atom is 0.412 e. The molecule has 1 aliphatic heterocycles. The smallest absolute Gasteiger partial charge is 0.412 e. The maximum absolute atomic E-state index is 14.3. The zero-order valence-corrected chi connectivity index (χ0v) is 30.4. The van der Waals surface area contributed by atoms with E-state index in [4.69, 9.17) is 21.1 Å². The first-order valence-electron chi connectivity index (χ1n) is 16.1. The third kappa shape index (κ3) is 9.04. The third-order valence-electron chi connectivity index (χ3n) is 8.59. The third-order valence-corrected chi connectivity index (χ3v) is 10.7. The molecule has 4 N–H and O–H groups in total. The van der Waals surface area contributed by atoms with Gasteiger partial charge in [-0.15, -0.1) is 6.58 Å². The molecule has 14 nitrogen and oxygen atoms in total. The van der Waals surface area contributed by atoms with Gasteiger partial charge in [-0.05, 0) is 64.0 Å². The van der Waals surface area contributed by atoms with E-state index in [1.165, 1.54) is 11.0 Å². The van der Waals surface area contributed by atoms with Crippen LogP contribution in [0.25, 0.3) is 0 Å². The Hall–Kier alpha value is -3.85. The summed E-state index contributed by atoms with van der Waals surface area (Å²) < 4.78 is 38.3. The summed E-state index contributed by atoms with van der Waals surface area (Å²) >= 11 is 6.26. The number of amides is 5. The predicted octanol–water partition coefficient (Wildman–Crippen LogP) is 3.78. The highest BCUT2D eigenvalue weighted by Crippen LogP contribution is 2.45. The van der Waals surface area contributed by atoms with Crippen molar-refractivity contribution in [2.24, 2.45) is 11.3 Å². The molecular formula is C33H46ClN5O9S. The normalized spacial score (nSPS) is 24.2. The first-order valence-corrected chi connectivity index (χ1v) is 18.0. The molecule has 0 aromatic heterocycles. The zero-order valence-electron chi connectivity index (χ0n) is 28.8. The molecule has 5 atom stereocenters. The van der Waals surface area contributed by atoms with E-state index < -0.39 is 85.8 Å². The largest absolute Gasteiger partial charge is 0.444 e. The minimum Gasteiger partial charge on any atom is -0.444 e. The van der Waals surface area contributed by atoms with Crippen LogP contribution in [-0.2, 0) is 33.9 Å². The van der Waals surface area contributed by atoms with Crippen LogP contribution in [0, 0.1) is 18.3 Å². The van der Waals surface area contributed by atoms with Gasteiger partial charge in [-0.3, -0.25) is 24.4 Å². The van der Waals surface area contributed by atoms with Crippen molar-refractivity contribution < 1.29 is 41.9 Å². The van der Waals surface area contributed by atoms with Gasteiger partial charge in [0.15, 0.2) is 0 Å². The number of para-hydroxylation sites is 1. The second-order valence-electron chi connectivity index (χ2n) is 15.0. The molecule has 49 heavy (non-hydrogen) atoms. The molecule has 5 amide bonds. The Bertz CT molecular complexity index is 1610. The topological polar surface area (TPSA) is 189 Å². The Labute approximate surface area is 292 Å². The second kappa shape index (κ2) is 13.8. The fourth-order valence-electron chi connectivity index (χ4n) is 5.71. The number of alkyl carbamates (subject to hydrolysis) is 1. The highest BCUT2D eigenvalue weighted by molar-refractivity contribution is 7.91. The molecule has 1 aromatic rings.